The molecule has 1 aliphatic rings. The van der Waals surface area contributed by atoms with Gasteiger partial charge >= 0.3 is 0 Å². The molecule has 0 heterocycles. The van der Waals surface area contributed by atoms with Crippen molar-refractivity contribution in [3.05, 3.63) is 155 Å². The molecular weight excluding hydrogens is 468 g/mol. The maximum atomic E-state index is 2.38. The molecule has 7 rings (SSSR count). The van der Waals surface area contributed by atoms with Gasteiger partial charge in [0.05, 0.1) is 0 Å². The molecule has 0 fully saturated rings. The molecule has 0 aromatic heterocycles. The average Bonchev–Trinajstić information content (AvgIpc) is 3.27. The number of hydrogen-bond acceptors (Lipinski definition) is 0. The Labute approximate surface area is 231 Å². The predicted molar refractivity (Wildman–Crippen MR) is 166 cm³/mol. The van der Waals surface area contributed by atoms with E-state index in [0.29, 0.717) is 11.8 Å². The maximum absolute atomic E-state index is 2.38. The Balaban J connectivity index is 1.28. The largest absolute Gasteiger partial charge is 0.0622 e. The highest BCUT2D eigenvalue weighted by atomic mass is 14.4. The Morgan fingerprint density at radius 2 is 1.15 bits per heavy atom. The van der Waals surface area contributed by atoms with Crippen LogP contribution in [0, 0.1) is 13.8 Å². The predicted octanol–water partition coefficient (Wildman–Crippen LogP) is 10.7. The summed E-state index contributed by atoms with van der Waals surface area (Å²) in [5.74, 6) is 0.874. The van der Waals surface area contributed by atoms with Crippen molar-refractivity contribution < 1.29 is 0 Å². The molecular formula is C39H32. The van der Waals surface area contributed by atoms with Gasteiger partial charge in [0.1, 0.15) is 0 Å². The van der Waals surface area contributed by atoms with E-state index in [1.807, 2.05) is 0 Å². The van der Waals surface area contributed by atoms with E-state index in [4.69, 9.17) is 0 Å². The molecule has 0 spiro atoms. The fourth-order valence-corrected chi connectivity index (χ4v) is 6.74. The van der Waals surface area contributed by atoms with Crippen molar-refractivity contribution in [2.75, 3.05) is 0 Å². The van der Waals surface area contributed by atoms with Crippen LogP contribution in [0.15, 0.2) is 127 Å². The third-order valence-electron chi connectivity index (χ3n) is 8.79. The smallest absolute Gasteiger partial charge is 0.0162 e. The van der Waals surface area contributed by atoms with E-state index >= 15 is 0 Å². The number of benzene rings is 6. The zero-order valence-corrected chi connectivity index (χ0v) is 22.8. The lowest BCUT2D eigenvalue weighted by Gasteiger charge is -2.18. The Morgan fingerprint density at radius 1 is 0.462 bits per heavy atom. The molecule has 6 aromatic rings. The fraction of sp³-hybridized carbons (Fsp3) is 0.128. The first-order valence-electron chi connectivity index (χ1n) is 14.0. The van der Waals surface area contributed by atoms with E-state index in [1.165, 1.54) is 72.0 Å². The minimum atomic E-state index is 0.409. The quantitative estimate of drug-likeness (QED) is 0.226. The number of hydrogen-bond donors (Lipinski definition) is 0. The van der Waals surface area contributed by atoms with Crippen LogP contribution in [0.1, 0.15) is 46.6 Å². The normalized spacial score (nSPS) is 16.1. The minimum Gasteiger partial charge on any atom is -0.0622 e. The molecule has 0 amide bonds. The second-order valence-electron chi connectivity index (χ2n) is 11.1. The summed E-state index contributed by atoms with van der Waals surface area (Å²) in [6.45, 7) is 6.78. The first-order chi connectivity index (χ1) is 19.1. The van der Waals surface area contributed by atoms with Crippen molar-refractivity contribution in [2.45, 2.75) is 32.6 Å². The van der Waals surface area contributed by atoms with Gasteiger partial charge in [-0.05, 0) is 97.8 Å². The van der Waals surface area contributed by atoms with Gasteiger partial charge in [-0.15, -0.1) is 0 Å². The van der Waals surface area contributed by atoms with Crippen LogP contribution in [0.2, 0.25) is 0 Å². The zero-order valence-electron chi connectivity index (χ0n) is 22.8. The van der Waals surface area contributed by atoms with Gasteiger partial charge in [0, 0.05) is 5.92 Å². The molecule has 1 aliphatic carbocycles. The van der Waals surface area contributed by atoms with Gasteiger partial charge in [0.15, 0.2) is 0 Å². The van der Waals surface area contributed by atoms with Crippen LogP contribution < -0.4 is 0 Å². The summed E-state index contributed by atoms with van der Waals surface area (Å²) in [6, 6.07) is 47.2. The van der Waals surface area contributed by atoms with Gasteiger partial charge in [0.25, 0.3) is 0 Å². The van der Waals surface area contributed by atoms with Crippen LogP contribution >= 0.6 is 0 Å². The van der Waals surface area contributed by atoms with Gasteiger partial charge in [-0.2, -0.15) is 0 Å². The standard InChI is InChI=1S/C39H32/c1-25-10-7-8-13-32(25)37-24-31(17-16-26(37)2)28-18-20-29(21-19-28)34-23-22-33-27(3)38(30-11-5-4-6-12-30)36-15-9-14-35(34)39(33)36/h4-24,27,38H,1-3H3. The van der Waals surface area contributed by atoms with Crippen molar-refractivity contribution in [1.82, 2.24) is 0 Å². The molecule has 6 aromatic carbocycles. The monoisotopic (exact) mass is 500 g/mol. The third-order valence-corrected chi connectivity index (χ3v) is 8.79. The van der Waals surface area contributed by atoms with Crippen LogP contribution in [-0.2, 0) is 0 Å². The lowest BCUT2D eigenvalue weighted by atomic mass is 9.85. The van der Waals surface area contributed by atoms with Crippen LogP contribution in [0.3, 0.4) is 0 Å². The SMILES string of the molecule is Cc1ccccc1-c1cc(-c2ccc(-c3ccc4c5c(cccc35)C(c3ccccc3)C4C)cc2)ccc1C. The van der Waals surface area contributed by atoms with Gasteiger partial charge in [-0.25, -0.2) is 0 Å². The van der Waals surface area contributed by atoms with Crippen molar-refractivity contribution >= 4 is 10.8 Å². The van der Waals surface area contributed by atoms with Gasteiger partial charge in [0.2, 0.25) is 0 Å². The van der Waals surface area contributed by atoms with Crippen molar-refractivity contribution in [1.29, 1.82) is 0 Å². The summed E-state index contributed by atoms with van der Waals surface area (Å²) in [4.78, 5) is 0. The summed E-state index contributed by atoms with van der Waals surface area (Å²) < 4.78 is 0. The van der Waals surface area contributed by atoms with E-state index in [1.54, 1.807) is 0 Å². The molecule has 0 aliphatic heterocycles. The first kappa shape index (κ1) is 23.7. The van der Waals surface area contributed by atoms with E-state index in [2.05, 4.69) is 148 Å². The molecule has 0 saturated carbocycles. The minimum absolute atomic E-state index is 0.409. The second kappa shape index (κ2) is 9.40. The number of aryl methyl sites for hydroxylation is 2. The van der Waals surface area contributed by atoms with Crippen LogP contribution in [0.5, 0.6) is 0 Å². The molecule has 188 valence electrons. The zero-order chi connectivity index (χ0) is 26.5. The molecule has 0 heteroatoms. The van der Waals surface area contributed by atoms with Crippen molar-refractivity contribution in [2.24, 2.45) is 0 Å². The van der Waals surface area contributed by atoms with Crippen molar-refractivity contribution in [3.63, 3.8) is 0 Å². The molecule has 2 atom stereocenters. The molecule has 2 unspecified atom stereocenters. The van der Waals surface area contributed by atoms with Crippen LogP contribution in [0.25, 0.3) is 44.2 Å². The highest BCUT2D eigenvalue weighted by Crippen LogP contribution is 2.51. The highest BCUT2D eigenvalue weighted by Gasteiger charge is 2.32. The summed E-state index contributed by atoms with van der Waals surface area (Å²) in [5.41, 5.74) is 14.7. The Kier molecular flexibility index (Phi) is 5.71. The van der Waals surface area contributed by atoms with Gasteiger partial charge in [-0.3, -0.25) is 0 Å². The summed E-state index contributed by atoms with van der Waals surface area (Å²) in [6.07, 6.45) is 0. The van der Waals surface area contributed by atoms with Gasteiger partial charge < -0.3 is 0 Å². The van der Waals surface area contributed by atoms with E-state index in [9.17, 15) is 0 Å². The third kappa shape index (κ3) is 3.91. The molecule has 0 bridgehead atoms. The van der Waals surface area contributed by atoms with Gasteiger partial charge in [-0.1, -0.05) is 128 Å². The Hall–Kier alpha value is -4.42. The molecule has 0 N–H and O–H groups in total. The van der Waals surface area contributed by atoms with E-state index in [-0.39, 0.29) is 0 Å². The molecule has 0 saturated heterocycles. The van der Waals surface area contributed by atoms with E-state index < -0.39 is 0 Å². The molecule has 39 heavy (non-hydrogen) atoms. The lowest BCUT2D eigenvalue weighted by molar-refractivity contribution is 0.690. The summed E-state index contributed by atoms with van der Waals surface area (Å²) in [7, 11) is 0. The van der Waals surface area contributed by atoms with Crippen LogP contribution in [-0.4, -0.2) is 0 Å². The van der Waals surface area contributed by atoms with Crippen LogP contribution in [0.4, 0.5) is 0 Å². The van der Waals surface area contributed by atoms with E-state index in [0.717, 1.165) is 0 Å². The topological polar surface area (TPSA) is 0 Å². The van der Waals surface area contributed by atoms with Crippen molar-refractivity contribution in [3.8, 4) is 33.4 Å². The maximum Gasteiger partial charge on any atom is 0.0162 e. The average molecular weight is 501 g/mol. The first-order valence-corrected chi connectivity index (χ1v) is 14.0. The number of rotatable bonds is 4. The lowest BCUT2D eigenvalue weighted by Crippen LogP contribution is -2.03. The molecule has 0 nitrogen and oxygen atoms in total. The second-order valence-corrected chi connectivity index (χ2v) is 11.1. The Bertz CT molecular complexity index is 1820. The Morgan fingerprint density at radius 3 is 1.95 bits per heavy atom. The highest BCUT2D eigenvalue weighted by molar-refractivity contribution is 6.02. The fourth-order valence-electron chi connectivity index (χ4n) is 6.74. The molecule has 0 radical (unpaired) electrons. The summed E-state index contributed by atoms with van der Waals surface area (Å²) >= 11 is 0. The summed E-state index contributed by atoms with van der Waals surface area (Å²) in [5, 5.41) is 2.81.